The molecule has 2 fully saturated rings. The molecule has 0 radical (unpaired) electrons. The van der Waals surface area contributed by atoms with Gasteiger partial charge in [0.1, 0.15) is 0 Å². The van der Waals surface area contributed by atoms with Crippen molar-refractivity contribution in [2.45, 2.75) is 51.0 Å². The van der Waals surface area contributed by atoms with Crippen LogP contribution >= 0.6 is 0 Å². The average Bonchev–Trinajstić information content (AvgIpc) is 3.29. The van der Waals surface area contributed by atoms with Crippen LogP contribution in [0.4, 0.5) is 5.69 Å². The summed E-state index contributed by atoms with van der Waals surface area (Å²) in [5.74, 6) is 1.78. The molecule has 2 aliphatic carbocycles. The molecule has 1 heterocycles. The van der Waals surface area contributed by atoms with Crippen molar-refractivity contribution in [2.75, 3.05) is 32.1 Å². The van der Waals surface area contributed by atoms with Crippen LogP contribution in [0, 0.1) is 11.8 Å². The van der Waals surface area contributed by atoms with E-state index in [2.05, 4.69) is 55.9 Å². The Labute approximate surface area is 135 Å². The molecule has 1 aromatic carbocycles. The molecule has 4 rings (SSSR count). The highest BCUT2D eigenvalue weighted by molar-refractivity contribution is 5.54. The lowest BCUT2D eigenvalue weighted by molar-refractivity contribution is 0.0284. The van der Waals surface area contributed by atoms with Crippen LogP contribution < -0.4 is 4.90 Å². The number of anilines is 1. The minimum atomic E-state index is 0.365. The van der Waals surface area contributed by atoms with Gasteiger partial charge < -0.3 is 4.90 Å². The third kappa shape index (κ3) is 2.19. The summed E-state index contributed by atoms with van der Waals surface area (Å²) in [6, 6.07) is 7.94. The van der Waals surface area contributed by atoms with E-state index in [1.54, 1.807) is 11.1 Å². The van der Waals surface area contributed by atoms with E-state index in [9.17, 15) is 0 Å². The molecule has 3 aliphatic rings. The zero-order valence-corrected chi connectivity index (χ0v) is 14.6. The number of hydrogen-bond donors (Lipinski definition) is 0. The molecule has 0 amide bonds. The number of fused-ring (bicyclic) bond motifs is 4. The molecule has 1 aliphatic heterocycles. The van der Waals surface area contributed by atoms with Gasteiger partial charge in [-0.3, -0.25) is 4.90 Å². The fourth-order valence-electron chi connectivity index (χ4n) is 4.83. The van der Waals surface area contributed by atoms with Crippen molar-refractivity contribution in [1.82, 2.24) is 4.90 Å². The Morgan fingerprint density at radius 1 is 1.27 bits per heavy atom. The number of nitrogens with zero attached hydrogens (tertiary/aromatic N) is 2. The Hall–Kier alpha value is -1.02. The predicted octanol–water partition coefficient (Wildman–Crippen LogP) is 3.69. The van der Waals surface area contributed by atoms with Crippen molar-refractivity contribution in [3.8, 4) is 0 Å². The highest BCUT2D eigenvalue weighted by Crippen LogP contribution is 2.50. The highest BCUT2D eigenvalue weighted by Gasteiger charge is 2.49. The standard InChI is InChI=1S/C20H30N2/c1-14-19-11-16-7-8-17(21(3)4)12-18(16)20(14,2)9-10-22(19)13-15-5-6-15/h7-8,12,14-15,19H,5-6,9-11,13H2,1-4H3/t14-,19+,20+/m0/s1. The van der Waals surface area contributed by atoms with Crippen LogP contribution in [-0.2, 0) is 11.8 Å². The molecule has 22 heavy (non-hydrogen) atoms. The molecule has 3 atom stereocenters. The number of hydrogen-bond acceptors (Lipinski definition) is 2. The first kappa shape index (κ1) is 14.6. The summed E-state index contributed by atoms with van der Waals surface area (Å²) in [6.07, 6.45) is 5.52. The molecule has 1 aromatic rings. The molecule has 1 saturated carbocycles. The van der Waals surface area contributed by atoms with Gasteiger partial charge in [0, 0.05) is 32.4 Å². The van der Waals surface area contributed by atoms with Gasteiger partial charge in [-0.2, -0.15) is 0 Å². The van der Waals surface area contributed by atoms with Gasteiger partial charge in [0.2, 0.25) is 0 Å². The first-order valence-electron chi connectivity index (χ1n) is 9.04. The van der Waals surface area contributed by atoms with Crippen molar-refractivity contribution in [1.29, 1.82) is 0 Å². The van der Waals surface area contributed by atoms with Crippen molar-refractivity contribution in [3.63, 3.8) is 0 Å². The van der Waals surface area contributed by atoms with Crippen LogP contribution in [0.2, 0.25) is 0 Å². The van der Waals surface area contributed by atoms with Gasteiger partial charge in [-0.05, 0) is 72.7 Å². The zero-order valence-electron chi connectivity index (χ0n) is 14.6. The molecule has 2 heteroatoms. The Bertz CT molecular complexity index is 575. The lowest BCUT2D eigenvalue weighted by Crippen LogP contribution is -2.58. The maximum Gasteiger partial charge on any atom is 0.0364 e. The molecule has 0 spiro atoms. The third-order valence-electron chi connectivity index (χ3n) is 6.81. The molecule has 0 aromatic heterocycles. The Kier molecular flexibility index (Phi) is 3.30. The van der Waals surface area contributed by atoms with Gasteiger partial charge >= 0.3 is 0 Å². The summed E-state index contributed by atoms with van der Waals surface area (Å²) in [7, 11) is 4.30. The van der Waals surface area contributed by atoms with Crippen LogP contribution in [0.25, 0.3) is 0 Å². The summed E-state index contributed by atoms with van der Waals surface area (Å²) in [4.78, 5) is 5.06. The van der Waals surface area contributed by atoms with Crippen LogP contribution in [0.1, 0.15) is 44.2 Å². The van der Waals surface area contributed by atoms with E-state index in [0.29, 0.717) is 5.41 Å². The second-order valence-electron chi connectivity index (χ2n) is 8.40. The van der Waals surface area contributed by atoms with E-state index in [4.69, 9.17) is 0 Å². The maximum atomic E-state index is 2.83. The second kappa shape index (κ2) is 4.99. The van der Waals surface area contributed by atoms with Gasteiger partial charge in [0.05, 0.1) is 0 Å². The van der Waals surface area contributed by atoms with E-state index in [1.165, 1.54) is 44.5 Å². The monoisotopic (exact) mass is 298 g/mol. The molecule has 2 bridgehead atoms. The lowest BCUT2D eigenvalue weighted by Gasteiger charge is -2.55. The maximum absolute atomic E-state index is 2.83. The predicted molar refractivity (Wildman–Crippen MR) is 93.7 cm³/mol. The van der Waals surface area contributed by atoms with Crippen LogP contribution in [0.5, 0.6) is 0 Å². The number of rotatable bonds is 3. The summed E-state index contributed by atoms with van der Waals surface area (Å²) < 4.78 is 0. The van der Waals surface area contributed by atoms with Gasteiger partial charge in [-0.25, -0.2) is 0 Å². The largest absolute Gasteiger partial charge is 0.378 e. The van der Waals surface area contributed by atoms with Gasteiger partial charge in [-0.15, -0.1) is 0 Å². The quantitative estimate of drug-likeness (QED) is 0.840. The Balaban J connectivity index is 1.70. The van der Waals surface area contributed by atoms with Gasteiger partial charge in [0.15, 0.2) is 0 Å². The molecule has 1 saturated heterocycles. The summed E-state index contributed by atoms with van der Waals surface area (Å²) >= 11 is 0. The van der Waals surface area contributed by atoms with Crippen molar-refractivity contribution >= 4 is 5.69 Å². The van der Waals surface area contributed by atoms with Crippen molar-refractivity contribution in [2.24, 2.45) is 11.8 Å². The number of likely N-dealkylation sites (tertiary alicyclic amines) is 1. The smallest absolute Gasteiger partial charge is 0.0364 e. The van der Waals surface area contributed by atoms with Crippen LogP contribution in [0.15, 0.2) is 18.2 Å². The normalized spacial score (nSPS) is 34.4. The summed E-state index contributed by atoms with van der Waals surface area (Å²) in [5.41, 5.74) is 4.96. The number of piperidine rings is 1. The van der Waals surface area contributed by atoms with Crippen LogP contribution in [0.3, 0.4) is 0 Å². The second-order valence-corrected chi connectivity index (χ2v) is 8.40. The van der Waals surface area contributed by atoms with E-state index in [1.807, 2.05) is 0 Å². The van der Waals surface area contributed by atoms with E-state index < -0.39 is 0 Å². The molecule has 0 unspecified atom stereocenters. The van der Waals surface area contributed by atoms with E-state index >= 15 is 0 Å². The van der Waals surface area contributed by atoms with E-state index in [0.717, 1.165) is 17.9 Å². The minimum absolute atomic E-state index is 0.365. The minimum Gasteiger partial charge on any atom is -0.378 e. The SMILES string of the molecule is C[C@H]1[C@H]2Cc3ccc(N(C)C)cc3[C@]1(C)CCN2CC1CC1. The van der Waals surface area contributed by atoms with Crippen LogP contribution in [-0.4, -0.2) is 38.1 Å². The molecule has 2 nitrogen and oxygen atoms in total. The third-order valence-corrected chi connectivity index (χ3v) is 6.81. The van der Waals surface area contributed by atoms with E-state index in [-0.39, 0.29) is 0 Å². The Morgan fingerprint density at radius 3 is 2.73 bits per heavy atom. The lowest BCUT2D eigenvalue weighted by atomic mass is 9.59. The topological polar surface area (TPSA) is 6.48 Å². The summed E-state index contributed by atoms with van der Waals surface area (Å²) in [6.45, 7) is 7.69. The fraction of sp³-hybridized carbons (Fsp3) is 0.700. The number of benzene rings is 1. The zero-order chi connectivity index (χ0) is 15.5. The highest BCUT2D eigenvalue weighted by atomic mass is 15.2. The Morgan fingerprint density at radius 2 is 2.05 bits per heavy atom. The molecule has 120 valence electrons. The molecule has 0 N–H and O–H groups in total. The molecular weight excluding hydrogens is 268 g/mol. The van der Waals surface area contributed by atoms with Crippen molar-refractivity contribution in [3.05, 3.63) is 29.3 Å². The van der Waals surface area contributed by atoms with Gasteiger partial charge in [-0.1, -0.05) is 19.9 Å². The average molecular weight is 298 g/mol. The molecular formula is C20H30N2. The summed E-state index contributed by atoms with van der Waals surface area (Å²) in [5, 5.41) is 0. The van der Waals surface area contributed by atoms with Crippen molar-refractivity contribution < 1.29 is 0 Å². The first-order chi connectivity index (χ1) is 10.5. The fourth-order valence-corrected chi connectivity index (χ4v) is 4.83. The van der Waals surface area contributed by atoms with Gasteiger partial charge in [0.25, 0.3) is 0 Å². The first-order valence-corrected chi connectivity index (χ1v) is 9.04.